The second-order valence-corrected chi connectivity index (χ2v) is 16.9. The molecule has 13 nitrogen and oxygen atoms in total. The lowest BCUT2D eigenvalue weighted by molar-refractivity contribution is -0.297. The zero-order chi connectivity index (χ0) is 41.8. The predicted molar refractivity (Wildman–Crippen MR) is 215 cm³/mol. The zero-order valence-electron chi connectivity index (χ0n) is 35.2. The molecule has 3 aliphatic heterocycles. The lowest BCUT2D eigenvalue weighted by Crippen LogP contribution is -2.60. The minimum absolute atomic E-state index is 0.0628. The second kappa shape index (κ2) is 18.4. The molecular weight excluding hydrogens is 730 g/mol. The normalized spacial score (nSPS) is 37.2. The van der Waals surface area contributed by atoms with Gasteiger partial charge in [0.25, 0.3) is 0 Å². The monoisotopic (exact) mass is 793 g/mol. The third-order valence-electron chi connectivity index (χ3n) is 12.4. The van der Waals surface area contributed by atoms with Gasteiger partial charge in [0, 0.05) is 35.4 Å². The number of carbonyl (C=O) groups is 4. The van der Waals surface area contributed by atoms with E-state index < -0.39 is 83.4 Å². The lowest BCUT2D eigenvalue weighted by atomic mass is 9.73. The molecule has 1 unspecified atom stereocenters. The van der Waals surface area contributed by atoms with Gasteiger partial charge in [-0.1, -0.05) is 65.0 Å². The van der Waals surface area contributed by atoms with Crippen LogP contribution < -0.4 is 5.32 Å². The van der Waals surface area contributed by atoms with Gasteiger partial charge in [-0.25, -0.2) is 4.79 Å². The fourth-order valence-electron chi connectivity index (χ4n) is 9.17. The Kier molecular flexibility index (Phi) is 14.4. The molecule has 5 rings (SSSR count). The number of aromatic nitrogens is 1. The molecule has 3 aliphatic rings. The maximum absolute atomic E-state index is 14.5. The number of Topliss-reactive ketones (excluding diaryl/α,β-unsaturated/α-hetero) is 2. The summed E-state index contributed by atoms with van der Waals surface area (Å²) < 4.78 is 31.6. The van der Waals surface area contributed by atoms with Gasteiger partial charge in [0.1, 0.15) is 23.9 Å². The number of amides is 1. The fourth-order valence-corrected chi connectivity index (χ4v) is 9.17. The summed E-state index contributed by atoms with van der Waals surface area (Å²) in [6.07, 6.45) is 2.05. The van der Waals surface area contributed by atoms with Gasteiger partial charge in [0.2, 0.25) is 0 Å². The Morgan fingerprint density at radius 2 is 1.75 bits per heavy atom. The van der Waals surface area contributed by atoms with Gasteiger partial charge in [-0.3, -0.25) is 19.4 Å². The molecule has 1 aromatic heterocycles. The summed E-state index contributed by atoms with van der Waals surface area (Å²) in [4.78, 5) is 62.3. The van der Waals surface area contributed by atoms with E-state index in [0.717, 1.165) is 29.4 Å². The van der Waals surface area contributed by atoms with Gasteiger partial charge in [0.05, 0.1) is 36.0 Å². The van der Waals surface area contributed by atoms with Crippen molar-refractivity contribution in [2.75, 3.05) is 20.2 Å². The number of ether oxygens (including phenoxy) is 5. The van der Waals surface area contributed by atoms with Crippen LogP contribution in [0, 0.1) is 23.7 Å². The van der Waals surface area contributed by atoms with E-state index in [9.17, 15) is 24.3 Å². The molecule has 2 aromatic rings. The predicted octanol–water partition coefficient (Wildman–Crippen LogP) is 5.89. The molecule has 0 spiro atoms. The molecular formula is C44H63N3O10. The summed E-state index contributed by atoms with van der Waals surface area (Å²) >= 11 is 0. The Morgan fingerprint density at radius 1 is 1.04 bits per heavy atom. The molecule has 3 saturated heterocycles. The van der Waals surface area contributed by atoms with Crippen molar-refractivity contribution < 1.29 is 48.0 Å². The number of para-hydroxylation sites is 1. The van der Waals surface area contributed by atoms with Crippen LogP contribution in [0.2, 0.25) is 0 Å². The minimum Gasteiger partial charge on any atom is -0.458 e. The van der Waals surface area contributed by atoms with Gasteiger partial charge in [-0.05, 0) is 84.7 Å². The van der Waals surface area contributed by atoms with E-state index in [1.54, 1.807) is 47.7 Å². The first-order chi connectivity index (χ1) is 26.9. The molecule has 13 atom stereocenters. The number of likely N-dealkylation sites (N-methyl/N-ethyl adjacent to an activating group) is 1. The fraction of sp³-hybridized carbons (Fsp3) is 0.659. The Balaban J connectivity index is 1.56. The highest BCUT2D eigenvalue weighted by Crippen LogP contribution is 2.40. The van der Waals surface area contributed by atoms with Gasteiger partial charge >= 0.3 is 12.1 Å². The van der Waals surface area contributed by atoms with Crippen LogP contribution >= 0.6 is 0 Å². The van der Waals surface area contributed by atoms with E-state index in [-0.39, 0.29) is 37.4 Å². The molecule has 1 aromatic carbocycles. The number of aliphatic hydroxyl groups excluding tert-OH is 1. The van der Waals surface area contributed by atoms with Crippen LogP contribution in [0.25, 0.3) is 17.0 Å². The summed E-state index contributed by atoms with van der Waals surface area (Å²) in [6.45, 7) is 16.7. The third kappa shape index (κ3) is 9.60. The number of nitrogens with zero attached hydrogens (tertiary/aromatic N) is 2. The van der Waals surface area contributed by atoms with Crippen LogP contribution in [-0.2, 0) is 38.1 Å². The number of rotatable bonds is 10. The first-order valence-electron chi connectivity index (χ1n) is 20.6. The van der Waals surface area contributed by atoms with Gasteiger partial charge in [0.15, 0.2) is 17.7 Å². The number of carbonyl (C=O) groups excluding carboxylic acids is 4. The van der Waals surface area contributed by atoms with Crippen molar-refractivity contribution in [2.45, 2.75) is 142 Å². The van der Waals surface area contributed by atoms with Crippen LogP contribution in [0.1, 0.15) is 93.6 Å². The van der Waals surface area contributed by atoms with Crippen LogP contribution in [0.3, 0.4) is 0 Å². The summed E-state index contributed by atoms with van der Waals surface area (Å²) in [5.41, 5.74) is -1.00. The number of benzene rings is 1. The van der Waals surface area contributed by atoms with E-state index in [0.29, 0.717) is 6.42 Å². The molecule has 1 amide bonds. The SMILES string of the molecule is CCCN(C)[C@H]1C[C@@H](C)OC(O[C@@H]2[C@@H](C)C(=O)[C@@H](C)C(=O)O[C@@H](CC)[C@@]3(C)OC(=O)N[C@@H]3[C@H](C)C(=O)[C@H](C)C[C@]2(C)OC/C=C/c2cnc3ccccc3c2)[C@@H]1O. The van der Waals surface area contributed by atoms with Crippen LogP contribution in [0.5, 0.6) is 0 Å². The number of cyclic esters (lactones) is 1. The largest absolute Gasteiger partial charge is 0.458 e. The quantitative estimate of drug-likeness (QED) is 0.217. The van der Waals surface area contributed by atoms with E-state index >= 15 is 0 Å². The molecule has 0 bridgehead atoms. The third-order valence-corrected chi connectivity index (χ3v) is 12.4. The Hall–Kier alpha value is -3.75. The number of hydrogen-bond donors (Lipinski definition) is 2. The van der Waals surface area contributed by atoms with E-state index in [2.05, 4.69) is 22.1 Å². The van der Waals surface area contributed by atoms with Crippen LogP contribution in [-0.4, -0.2) is 113 Å². The van der Waals surface area contributed by atoms with Crippen LogP contribution in [0.4, 0.5) is 4.79 Å². The molecule has 4 heterocycles. The first kappa shape index (κ1) is 44.4. The number of fused-ring (bicyclic) bond motifs is 2. The van der Waals surface area contributed by atoms with E-state index in [1.807, 2.05) is 56.5 Å². The second-order valence-electron chi connectivity index (χ2n) is 16.9. The zero-order valence-corrected chi connectivity index (χ0v) is 35.2. The van der Waals surface area contributed by atoms with Crippen molar-refractivity contribution in [3.8, 4) is 0 Å². The topological polar surface area (TPSA) is 163 Å². The number of ketones is 2. The standard InChI is InChI=1S/C44H63N3O10/c1-11-19-47(10)33-21-26(4)54-41(37(33)50)56-39-28(6)36(49)29(7)40(51)55-34(12-2)44(9)38(46-42(52)57-44)27(5)35(48)25(3)23-43(39,8)53-20-15-16-30-22-31-17-13-14-18-32(31)45-24-30/h13-18,22,24-29,33-34,37-39,41,50H,11-12,19-21,23H2,1-10H3,(H,46,52)/b16-15+/t25-,26-,27-,28+,29-,33+,34+,37-,38-,39-,41?,43+,44-/m1/s1. The average molecular weight is 794 g/mol. The molecule has 0 aliphatic carbocycles. The summed E-state index contributed by atoms with van der Waals surface area (Å²) in [5.74, 6) is -5.11. The number of nitrogens with one attached hydrogen (secondary N) is 1. The van der Waals surface area contributed by atoms with Crippen molar-refractivity contribution in [1.29, 1.82) is 0 Å². The molecule has 0 radical (unpaired) electrons. The molecule has 314 valence electrons. The number of hydrogen-bond acceptors (Lipinski definition) is 12. The highest BCUT2D eigenvalue weighted by atomic mass is 16.7. The Bertz CT molecular complexity index is 1790. The summed E-state index contributed by atoms with van der Waals surface area (Å²) in [7, 11) is 1.96. The molecule has 2 N–H and O–H groups in total. The Labute approximate surface area is 337 Å². The van der Waals surface area contributed by atoms with Gasteiger partial charge in [-0.2, -0.15) is 0 Å². The number of pyridine rings is 1. The number of esters is 1. The Morgan fingerprint density at radius 3 is 2.46 bits per heavy atom. The number of alkyl carbamates (subject to hydrolysis) is 1. The molecule has 13 heteroatoms. The maximum atomic E-state index is 14.5. The van der Waals surface area contributed by atoms with Crippen molar-refractivity contribution in [1.82, 2.24) is 15.2 Å². The molecule has 57 heavy (non-hydrogen) atoms. The minimum atomic E-state index is -1.38. The molecule has 3 fully saturated rings. The van der Waals surface area contributed by atoms with Crippen molar-refractivity contribution >= 4 is 40.6 Å². The smallest absolute Gasteiger partial charge is 0.408 e. The van der Waals surface area contributed by atoms with Crippen molar-refractivity contribution in [2.24, 2.45) is 23.7 Å². The average Bonchev–Trinajstić information content (AvgIpc) is 3.50. The number of aliphatic hydroxyl groups is 1. The highest BCUT2D eigenvalue weighted by Gasteiger charge is 2.57. The highest BCUT2D eigenvalue weighted by molar-refractivity contribution is 6.00. The summed E-state index contributed by atoms with van der Waals surface area (Å²) in [5, 5.41) is 15.6. The summed E-state index contributed by atoms with van der Waals surface area (Å²) in [6, 6.07) is 8.74. The van der Waals surface area contributed by atoms with Gasteiger partial charge < -0.3 is 39.0 Å². The van der Waals surface area contributed by atoms with E-state index in [1.165, 1.54) is 6.92 Å². The van der Waals surface area contributed by atoms with Crippen molar-refractivity contribution in [3.05, 3.63) is 48.2 Å². The molecule has 0 saturated carbocycles. The maximum Gasteiger partial charge on any atom is 0.408 e. The first-order valence-corrected chi connectivity index (χ1v) is 20.6. The van der Waals surface area contributed by atoms with Gasteiger partial charge in [-0.15, -0.1) is 0 Å². The lowest BCUT2D eigenvalue weighted by Gasteiger charge is -2.47. The van der Waals surface area contributed by atoms with Crippen LogP contribution in [0.15, 0.2) is 42.6 Å². The van der Waals surface area contributed by atoms with E-state index in [4.69, 9.17) is 23.7 Å². The van der Waals surface area contributed by atoms with Crippen molar-refractivity contribution in [3.63, 3.8) is 0 Å².